The van der Waals surface area contributed by atoms with Gasteiger partial charge in [0.05, 0.1) is 70.5 Å². The lowest BCUT2D eigenvalue weighted by Gasteiger charge is -2.50. The third-order valence-electron chi connectivity index (χ3n) is 16.2. The molecule has 38 nitrogen and oxygen atoms in total. The second kappa shape index (κ2) is 29.9. The molecule has 1 aromatic heterocycles. The van der Waals surface area contributed by atoms with Crippen LogP contribution in [-0.2, 0) is 77.7 Å². The Hall–Kier alpha value is -2.78. The van der Waals surface area contributed by atoms with Crippen LogP contribution in [0.5, 0.6) is 0 Å². The van der Waals surface area contributed by atoms with Crippen LogP contribution in [-0.4, -0.2) is 380 Å². The molecule has 0 aliphatic carbocycles. The Labute approximate surface area is 491 Å². The van der Waals surface area contributed by atoms with Crippen molar-refractivity contribution >= 4 is 6.21 Å². The van der Waals surface area contributed by atoms with Crippen LogP contribution in [0.15, 0.2) is 23.4 Å². The van der Waals surface area contributed by atoms with Crippen LogP contribution in [0.3, 0.4) is 0 Å². The first kappa shape index (κ1) is 68.6. The predicted molar refractivity (Wildman–Crippen MR) is 265 cm³/mol. The number of aliphatic hydroxyl groups is 20. The summed E-state index contributed by atoms with van der Waals surface area (Å²) in [7, 11) is 0. The SMILES string of the molecule is OC[C@H]1O[C@@H]2O[C@H]3[C@H](O)[C@@H](O)[C@@H](O[C@H]4[C@H](O)[C@@H](O)[C@@H](O[C@H]5[C@H](O)[C@@H](OCc6cccc(/C=N\O)n6)[C@@H](O[C@H]6[C@H](O)[C@@H](O)[C@H](O[C@@H]6CO)O[C@H]6C(O)[C@@H](O)[C@@H](O[C@H]7[C@H](O)C(O)[C@@H](O[C@H]1[C@H](O)[C@H]2O)O[C@@H]7CO)O[C@@H]6CO)O[C@@H]5CO)O[C@@H]4CO)O[C@@H]3CO. The minimum absolute atomic E-state index is 0.120. The summed E-state index contributed by atoms with van der Waals surface area (Å²) in [6.45, 7) is -7.95. The molecular weight excluding hydrogens is 1190 g/mol. The molecule has 21 aliphatic heterocycles. The molecule has 0 amide bonds. The number of ether oxygens (including phenoxy) is 15. The van der Waals surface area contributed by atoms with E-state index in [-0.39, 0.29) is 11.4 Å². The summed E-state index contributed by atoms with van der Waals surface area (Å²) < 4.78 is 87.5. The van der Waals surface area contributed by atoms with Crippen molar-refractivity contribution in [1.29, 1.82) is 0 Å². The number of rotatable bonds is 11. The van der Waals surface area contributed by atoms with Gasteiger partial charge < -0.3 is 178 Å². The molecule has 38 heteroatoms. The fourth-order valence-electron chi connectivity index (χ4n) is 11.5. The van der Waals surface area contributed by atoms with Gasteiger partial charge in [0.1, 0.15) is 171 Å². The van der Waals surface area contributed by atoms with Gasteiger partial charge in [-0.1, -0.05) is 11.2 Å². The summed E-state index contributed by atoms with van der Waals surface area (Å²) in [5, 5.41) is 236. The molecule has 21 aliphatic rings. The summed E-state index contributed by atoms with van der Waals surface area (Å²) in [6, 6.07) is 4.39. The first-order valence-electron chi connectivity index (χ1n) is 27.7. The van der Waals surface area contributed by atoms with Crippen LogP contribution in [0.1, 0.15) is 11.4 Å². The van der Waals surface area contributed by atoms with E-state index in [1.165, 1.54) is 18.2 Å². The Morgan fingerprint density at radius 3 is 0.828 bits per heavy atom. The standard InChI is InChI=1S/C49H76N2O36/c52-5-15-35-22(59)28(65)44(74-15)82-37-17(7-54)76-46(30(67)24(37)61)84-39-19(9-56)78-48(32(69)26(39)63)86-41-21(11-58)80-49(42(34(41)71)73-12-14-3-1-2-13(51-14)4-50-72)87-40-20(10-57)79-47(33(70)27(40)64)85-38-18(8-55)77-45(31(68)25(38)62)83-36-16(6-53)75-43(81-35)29(66)23(36)60/h1-4,15-49,52-72H,5-12H2/b50-4-/t15-,16-,17-,18-,19-,20-,21-,22-,23-,24-,25?,26-,27-,28-,29?,30-,31-,32-,33-,34+,35-,36-,37-,38-,39-,40-,41-,42-,43-,44-,45-,46-,47-,48-,49-/m1/s1. The quantitative estimate of drug-likeness (QED) is 0.0556. The predicted octanol–water partition coefficient (Wildman–Crippen LogP) is -13.8. The van der Waals surface area contributed by atoms with Gasteiger partial charge in [0.2, 0.25) is 0 Å². The van der Waals surface area contributed by atoms with Crippen LogP contribution in [0.25, 0.3) is 0 Å². The largest absolute Gasteiger partial charge is 0.411 e. The number of aliphatic hydroxyl groups excluding tert-OH is 20. The van der Waals surface area contributed by atoms with Gasteiger partial charge in [0, 0.05) is 0 Å². The van der Waals surface area contributed by atoms with E-state index in [0.29, 0.717) is 0 Å². The molecule has 22 rings (SSSR count). The minimum atomic E-state index is -2.24. The number of pyridine rings is 1. The third kappa shape index (κ3) is 14.1. The molecule has 1 aromatic rings. The lowest BCUT2D eigenvalue weighted by atomic mass is 9.95. The maximum absolute atomic E-state index is 12.2. The first-order chi connectivity index (χ1) is 41.6. The van der Waals surface area contributed by atoms with E-state index >= 15 is 0 Å². The van der Waals surface area contributed by atoms with Gasteiger partial charge >= 0.3 is 0 Å². The van der Waals surface area contributed by atoms with Gasteiger partial charge in [0.25, 0.3) is 0 Å². The van der Waals surface area contributed by atoms with Crippen molar-refractivity contribution < 1.29 is 178 Å². The Balaban J connectivity index is 1.03. The smallest absolute Gasteiger partial charge is 0.187 e. The van der Waals surface area contributed by atoms with Crippen molar-refractivity contribution in [3.8, 4) is 0 Å². The van der Waals surface area contributed by atoms with E-state index in [0.717, 1.165) is 6.21 Å². The maximum Gasteiger partial charge on any atom is 0.187 e. The Bertz CT molecular complexity index is 2320. The zero-order valence-electron chi connectivity index (χ0n) is 45.6. The fraction of sp³-hybridized carbons (Fsp3) is 0.878. The normalized spacial score (nSPS) is 50.4. The molecule has 14 bridgehead atoms. The maximum atomic E-state index is 12.2. The summed E-state index contributed by atoms with van der Waals surface area (Å²) >= 11 is 0. The number of nitrogens with zero attached hydrogens (tertiary/aromatic N) is 2. The Morgan fingerprint density at radius 2 is 0.575 bits per heavy atom. The molecule has 0 radical (unpaired) electrons. The van der Waals surface area contributed by atoms with E-state index in [1.54, 1.807) is 0 Å². The molecule has 21 N–H and O–H groups in total. The van der Waals surface area contributed by atoms with Crippen molar-refractivity contribution in [2.75, 3.05) is 46.2 Å². The highest BCUT2D eigenvalue weighted by Crippen LogP contribution is 2.39. The van der Waals surface area contributed by atoms with Gasteiger partial charge in [-0.15, -0.1) is 0 Å². The van der Waals surface area contributed by atoms with Crippen molar-refractivity contribution in [1.82, 2.24) is 4.98 Å². The minimum Gasteiger partial charge on any atom is -0.411 e. The molecule has 0 spiro atoms. The van der Waals surface area contributed by atoms with Crippen LogP contribution in [0, 0.1) is 0 Å². The molecule has 35 atom stereocenters. The van der Waals surface area contributed by atoms with Gasteiger partial charge in [0.15, 0.2) is 44.0 Å². The van der Waals surface area contributed by atoms with Gasteiger partial charge in [-0.3, -0.25) is 0 Å². The number of oxime groups is 1. The van der Waals surface area contributed by atoms with E-state index in [1.807, 2.05) is 0 Å². The number of aromatic nitrogens is 1. The summed E-state index contributed by atoms with van der Waals surface area (Å²) in [6.07, 6.45) is -69.4. The highest BCUT2D eigenvalue weighted by molar-refractivity contribution is 5.76. The van der Waals surface area contributed by atoms with E-state index in [2.05, 4.69) is 10.1 Å². The highest BCUT2D eigenvalue weighted by Gasteiger charge is 2.60. The van der Waals surface area contributed by atoms with Crippen LogP contribution < -0.4 is 0 Å². The van der Waals surface area contributed by atoms with Crippen molar-refractivity contribution in [2.45, 2.75) is 222 Å². The van der Waals surface area contributed by atoms with Crippen molar-refractivity contribution in [3.05, 3.63) is 29.6 Å². The van der Waals surface area contributed by atoms with Crippen molar-refractivity contribution in [3.63, 3.8) is 0 Å². The first-order valence-corrected chi connectivity index (χ1v) is 27.7. The lowest BCUT2D eigenvalue weighted by molar-refractivity contribution is -0.398. The van der Waals surface area contributed by atoms with Gasteiger partial charge in [-0.25, -0.2) is 4.98 Å². The van der Waals surface area contributed by atoms with Crippen LogP contribution in [0.4, 0.5) is 0 Å². The highest BCUT2D eigenvalue weighted by atomic mass is 16.8. The van der Waals surface area contributed by atoms with E-state index < -0.39 is 268 Å². The topological polar surface area (TPSA) is 589 Å². The third-order valence-corrected chi connectivity index (χ3v) is 16.2. The molecule has 21 saturated heterocycles. The molecule has 0 aromatic carbocycles. The summed E-state index contributed by atoms with van der Waals surface area (Å²) in [5.41, 5.74) is 0.250. The summed E-state index contributed by atoms with van der Waals surface area (Å²) in [4.78, 5) is 4.25. The average molecular weight is 1270 g/mol. The Morgan fingerprint density at radius 1 is 0.333 bits per heavy atom. The average Bonchev–Trinajstić information content (AvgIpc) is 3.35. The monoisotopic (exact) mass is 1270 g/mol. The van der Waals surface area contributed by atoms with E-state index in [9.17, 15) is 102 Å². The number of hydrogen-bond acceptors (Lipinski definition) is 38. The van der Waals surface area contributed by atoms with Crippen molar-refractivity contribution in [2.24, 2.45) is 5.16 Å². The zero-order valence-corrected chi connectivity index (χ0v) is 45.6. The van der Waals surface area contributed by atoms with Gasteiger partial charge in [-0.2, -0.15) is 0 Å². The lowest BCUT2D eigenvalue weighted by Crippen LogP contribution is -2.68. The molecular formula is C49H76N2O36. The zero-order chi connectivity index (χ0) is 62.9. The second-order valence-electron chi connectivity index (χ2n) is 21.7. The molecule has 0 saturated carbocycles. The van der Waals surface area contributed by atoms with Crippen LogP contribution >= 0.6 is 0 Å². The Kier molecular flexibility index (Phi) is 23.6. The molecule has 498 valence electrons. The molecule has 2 unspecified atom stereocenters. The molecule has 22 heterocycles. The second-order valence-corrected chi connectivity index (χ2v) is 21.7. The number of hydrogen-bond donors (Lipinski definition) is 21. The molecule has 87 heavy (non-hydrogen) atoms. The molecule has 21 fully saturated rings. The summed E-state index contributed by atoms with van der Waals surface area (Å²) in [5.74, 6) is 0. The van der Waals surface area contributed by atoms with E-state index in [4.69, 9.17) is 76.3 Å². The van der Waals surface area contributed by atoms with Gasteiger partial charge in [-0.05, 0) is 12.1 Å². The van der Waals surface area contributed by atoms with Crippen LogP contribution in [0.2, 0.25) is 0 Å². The fourth-order valence-corrected chi connectivity index (χ4v) is 11.5.